The lowest BCUT2D eigenvalue weighted by molar-refractivity contribution is -0.133. The summed E-state index contributed by atoms with van der Waals surface area (Å²) in [4.78, 5) is 20.6. The van der Waals surface area contributed by atoms with Crippen molar-refractivity contribution in [3.05, 3.63) is 24.4 Å². The van der Waals surface area contributed by atoms with Gasteiger partial charge in [0.05, 0.1) is 5.92 Å². The number of pyridine rings is 1. The summed E-state index contributed by atoms with van der Waals surface area (Å²) in [5, 5.41) is 11.7. The topological polar surface area (TPSA) is 95.1 Å². The number of hydrogen-bond donors (Lipinski definition) is 2. The van der Waals surface area contributed by atoms with Crippen LogP contribution in [0.15, 0.2) is 29.6 Å². The predicted octanol–water partition coefficient (Wildman–Crippen LogP) is 0.503. The largest absolute Gasteiger partial charge is 0.409 e. The quantitative estimate of drug-likeness (QED) is 0.364. The first-order valence-electron chi connectivity index (χ1n) is 7.09. The molecule has 1 fully saturated rings. The smallest absolute Gasteiger partial charge is 0.233 e. The van der Waals surface area contributed by atoms with Crippen molar-refractivity contribution in [1.29, 1.82) is 0 Å². The summed E-state index contributed by atoms with van der Waals surface area (Å²) < 4.78 is 0. The SMILES string of the molecule is CCC(C(=O)N1CCN(c2ccccn2)CC1)C(N)=NO. The van der Waals surface area contributed by atoms with Crippen molar-refractivity contribution in [2.45, 2.75) is 13.3 Å². The first kappa shape index (κ1) is 15.1. The van der Waals surface area contributed by atoms with Gasteiger partial charge in [0, 0.05) is 32.4 Å². The Bertz CT molecular complexity index is 497. The highest BCUT2D eigenvalue weighted by molar-refractivity contribution is 6.02. The van der Waals surface area contributed by atoms with Crippen LogP contribution in [0.1, 0.15) is 13.3 Å². The fourth-order valence-electron chi connectivity index (χ4n) is 2.50. The van der Waals surface area contributed by atoms with E-state index in [2.05, 4.69) is 15.0 Å². The van der Waals surface area contributed by atoms with Crippen LogP contribution in [0.25, 0.3) is 0 Å². The van der Waals surface area contributed by atoms with E-state index in [0.717, 1.165) is 18.9 Å². The molecule has 2 rings (SSSR count). The maximum absolute atomic E-state index is 12.4. The molecule has 3 N–H and O–H groups in total. The van der Waals surface area contributed by atoms with Crippen LogP contribution in [0.2, 0.25) is 0 Å². The molecular weight excluding hydrogens is 270 g/mol. The summed E-state index contributed by atoms with van der Waals surface area (Å²) in [6.45, 7) is 4.55. The number of amides is 1. The highest BCUT2D eigenvalue weighted by Crippen LogP contribution is 2.15. The van der Waals surface area contributed by atoms with Crippen molar-refractivity contribution >= 4 is 17.6 Å². The number of carbonyl (C=O) groups excluding carboxylic acids is 1. The van der Waals surface area contributed by atoms with Crippen LogP contribution in [0.5, 0.6) is 0 Å². The number of rotatable bonds is 4. The molecule has 0 aliphatic carbocycles. The van der Waals surface area contributed by atoms with E-state index in [9.17, 15) is 4.79 Å². The molecule has 1 atom stereocenters. The number of hydrogen-bond acceptors (Lipinski definition) is 5. The third-order valence-corrected chi connectivity index (χ3v) is 3.74. The molecule has 7 heteroatoms. The zero-order valence-corrected chi connectivity index (χ0v) is 12.1. The highest BCUT2D eigenvalue weighted by atomic mass is 16.4. The zero-order chi connectivity index (χ0) is 15.2. The highest BCUT2D eigenvalue weighted by Gasteiger charge is 2.29. The summed E-state index contributed by atoms with van der Waals surface area (Å²) in [7, 11) is 0. The van der Waals surface area contributed by atoms with E-state index in [4.69, 9.17) is 10.9 Å². The Morgan fingerprint density at radius 3 is 2.67 bits per heavy atom. The van der Waals surface area contributed by atoms with Crippen molar-refractivity contribution in [3.63, 3.8) is 0 Å². The van der Waals surface area contributed by atoms with Crippen LogP contribution >= 0.6 is 0 Å². The van der Waals surface area contributed by atoms with E-state index in [1.54, 1.807) is 11.1 Å². The lowest BCUT2D eigenvalue weighted by Crippen LogP contribution is -2.52. The van der Waals surface area contributed by atoms with Crippen molar-refractivity contribution in [2.75, 3.05) is 31.1 Å². The molecule has 1 aromatic heterocycles. The van der Waals surface area contributed by atoms with Gasteiger partial charge in [0.2, 0.25) is 5.91 Å². The van der Waals surface area contributed by atoms with E-state index in [1.807, 2.05) is 25.1 Å². The van der Waals surface area contributed by atoms with Crippen LogP contribution in [-0.2, 0) is 4.79 Å². The van der Waals surface area contributed by atoms with Gasteiger partial charge in [-0.1, -0.05) is 18.1 Å². The first-order valence-corrected chi connectivity index (χ1v) is 7.09. The summed E-state index contributed by atoms with van der Waals surface area (Å²) in [5.74, 6) is 0.285. The van der Waals surface area contributed by atoms with Crippen LogP contribution in [-0.4, -0.2) is 53.0 Å². The maximum Gasteiger partial charge on any atom is 0.233 e. The van der Waals surface area contributed by atoms with Crippen LogP contribution in [0, 0.1) is 5.92 Å². The fraction of sp³-hybridized carbons (Fsp3) is 0.500. The second-order valence-corrected chi connectivity index (χ2v) is 4.99. The number of carbonyl (C=O) groups is 1. The van der Waals surface area contributed by atoms with Crippen molar-refractivity contribution in [1.82, 2.24) is 9.88 Å². The van der Waals surface area contributed by atoms with E-state index < -0.39 is 5.92 Å². The molecule has 1 aromatic rings. The Kier molecular flexibility index (Phi) is 4.97. The number of amidine groups is 1. The molecule has 1 aliphatic rings. The van der Waals surface area contributed by atoms with Gasteiger partial charge in [-0.3, -0.25) is 4.79 Å². The van der Waals surface area contributed by atoms with Crippen molar-refractivity contribution in [3.8, 4) is 0 Å². The normalized spacial score (nSPS) is 17.7. The third kappa shape index (κ3) is 3.42. The minimum Gasteiger partial charge on any atom is -0.409 e. The monoisotopic (exact) mass is 291 g/mol. The van der Waals surface area contributed by atoms with Crippen LogP contribution in [0.3, 0.4) is 0 Å². The number of anilines is 1. The molecular formula is C14H21N5O2. The Morgan fingerprint density at radius 2 is 2.14 bits per heavy atom. The second-order valence-electron chi connectivity index (χ2n) is 4.99. The van der Waals surface area contributed by atoms with Gasteiger partial charge in [0.15, 0.2) is 5.84 Å². The summed E-state index contributed by atoms with van der Waals surface area (Å²) in [5.41, 5.74) is 5.59. The van der Waals surface area contributed by atoms with Gasteiger partial charge >= 0.3 is 0 Å². The van der Waals surface area contributed by atoms with Gasteiger partial charge < -0.3 is 20.7 Å². The van der Waals surface area contributed by atoms with E-state index in [0.29, 0.717) is 19.5 Å². The number of nitrogens with zero attached hydrogens (tertiary/aromatic N) is 4. The Morgan fingerprint density at radius 1 is 1.43 bits per heavy atom. The molecule has 7 nitrogen and oxygen atoms in total. The Labute approximate surface area is 124 Å². The van der Waals surface area contributed by atoms with E-state index in [1.165, 1.54) is 0 Å². The lowest BCUT2D eigenvalue weighted by atomic mass is 10.0. The Hall–Kier alpha value is -2.31. The molecule has 0 bridgehead atoms. The van der Waals surface area contributed by atoms with E-state index in [-0.39, 0.29) is 11.7 Å². The van der Waals surface area contributed by atoms with Gasteiger partial charge in [-0.2, -0.15) is 0 Å². The molecule has 0 aromatic carbocycles. The zero-order valence-electron chi connectivity index (χ0n) is 12.1. The third-order valence-electron chi connectivity index (χ3n) is 3.74. The summed E-state index contributed by atoms with van der Waals surface area (Å²) in [6, 6.07) is 5.79. The lowest BCUT2D eigenvalue weighted by Gasteiger charge is -2.36. The molecule has 21 heavy (non-hydrogen) atoms. The molecule has 1 saturated heterocycles. The molecule has 1 amide bonds. The van der Waals surface area contributed by atoms with Crippen LogP contribution in [0.4, 0.5) is 5.82 Å². The average Bonchev–Trinajstić information content (AvgIpc) is 2.56. The number of nitrogens with two attached hydrogens (primary N) is 1. The van der Waals surface area contributed by atoms with Gasteiger partial charge in [-0.25, -0.2) is 4.98 Å². The molecule has 1 unspecified atom stereocenters. The van der Waals surface area contributed by atoms with Crippen molar-refractivity contribution < 1.29 is 10.0 Å². The van der Waals surface area contributed by atoms with Gasteiger partial charge in [0.1, 0.15) is 5.82 Å². The average molecular weight is 291 g/mol. The van der Waals surface area contributed by atoms with E-state index >= 15 is 0 Å². The first-order chi connectivity index (χ1) is 10.2. The molecule has 0 radical (unpaired) electrons. The molecule has 1 aliphatic heterocycles. The van der Waals surface area contributed by atoms with Gasteiger partial charge in [-0.15, -0.1) is 0 Å². The standard InChI is InChI=1S/C14H21N5O2/c1-2-11(13(15)17-21)14(20)19-9-7-18(8-10-19)12-5-3-4-6-16-12/h3-6,11,21H,2,7-10H2,1H3,(H2,15,17). The summed E-state index contributed by atoms with van der Waals surface area (Å²) >= 11 is 0. The van der Waals surface area contributed by atoms with Gasteiger partial charge in [-0.05, 0) is 18.6 Å². The van der Waals surface area contributed by atoms with Gasteiger partial charge in [0.25, 0.3) is 0 Å². The number of piperazine rings is 1. The second kappa shape index (κ2) is 6.92. The number of aromatic nitrogens is 1. The fourth-order valence-corrected chi connectivity index (χ4v) is 2.50. The van der Waals surface area contributed by atoms with Crippen molar-refractivity contribution in [2.24, 2.45) is 16.8 Å². The van der Waals surface area contributed by atoms with Crippen LogP contribution < -0.4 is 10.6 Å². The molecule has 2 heterocycles. The molecule has 114 valence electrons. The number of oxime groups is 1. The minimum absolute atomic E-state index is 0.0188. The summed E-state index contributed by atoms with van der Waals surface area (Å²) in [6.07, 6.45) is 2.29. The Balaban J connectivity index is 1.96. The predicted molar refractivity (Wildman–Crippen MR) is 80.2 cm³/mol. The maximum atomic E-state index is 12.4. The molecule has 0 spiro atoms. The minimum atomic E-state index is -0.545. The molecule has 0 saturated carbocycles.